The highest BCUT2D eigenvalue weighted by atomic mass is 16.5. The average molecular weight is 281 g/mol. The van der Waals surface area contributed by atoms with Gasteiger partial charge < -0.3 is 20.7 Å². The number of ether oxygens (including phenoxy) is 1. The third-order valence-electron chi connectivity index (χ3n) is 5.68. The Morgan fingerprint density at radius 3 is 2.60 bits per heavy atom. The minimum Gasteiger partial charge on any atom is -0.378 e. The molecule has 1 heterocycles. The van der Waals surface area contributed by atoms with E-state index in [1.807, 2.05) is 0 Å². The molecule has 0 aromatic heterocycles. The Kier molecular flexibility index (Phi) is 3.91. The quantitative estimate of drug-likeness (QED) is 0.820. The molecule has 0 bridgehead atoms. The molecule has 5 heteroatoms. The van der Waals surface area contributed by atoms with Crippen LogP contribution in [0.1, 0.15) is 45.4 Å². The molecule has 114 valence electrons. The zero-order valence-electron chi connectivity index (χ0n) is 12.4. The van der Waals surface area contributed by atoms with E-state index in [0.717, 1.165) is 39.0 Å². The first-order valence-corrected chi connectivity index (χ1v) is 8.08. The number of piperidine rings is 1. The number of likely N-dealkylation sites (tertiary alicyclic amines) is 1. The fourth-order valence-corrected chi connectivity index (χ4v) is 4.22. The van der Waals surface area contributed by atoms with Gasteiger partial charge in [-0.1, -0.05) is 6.42 Å². The molecule has 3 N–H and O–H groups in total. The molecule has 3 fully saturated rings. The molecule has 20 heavy (non-hydrogen) atoms. The maximum Gasteiger partial charge on any atom is 0.314 e. The predicted octanol–water partition coefficient (Wildman–Crippen LogP) is 1.47. The largest absolute Gasteiger partial charge is 0.378 e. The number of hydrogen-bond donors (Lipinski definition) is 2. The lowest BCUT2D eigenvalue weighted by Crippen LogP contribution is -2.68. The van der Waals surface area contributed by atoms with Gasteiger partial charge in [0.1, 0.15) is 0 Å². The molecule has 0 aromatic rings. The van der Waals surface area contributed by atoms with Gasteiger partial charge in [0.15, 0.2) is 0 Å². The van der Waals surface area contributed by atoms with Gasteiger partial charge in [0.2, 0.25) is 0 Å². The number of primary amides is 1. The number of nitrogens with two attached hydrogens (primary N) is 1. The van der Waals surface area contributed by atoms with Crippen LogP contribution in [0.25, 0.3) is 0 Å². The topological polar surface area (TPSA) is 67.6 Å². The van der Waals surface area contributed by atoms with Gasteiger partial charge in [0.25, 0.3) is 0 Å². The molecule has 1 spiro atoms. The SMILES string of the molecule is CCO[C@H]1C[C@H](NC2CCN(C(N)=O)CC2)C12CCC2. The Balaban J connectivity index is 1.49. The Hall–Kier alpha value is -0.810. The molecule has 3 rings (SSSR count). The average Bonchev–Trinajstić information content (AvgIpc) is 2.36. The van der Waals surface area contributed by atoms with Crippen molar-refractivity contribution >= 4 is 6.03 Å². The summed E-state index contributed by atoms with van der Waals surface area (Å²) in [5, 5.41) is 3.84. The molecule has 0 unspecified atom stereocenters. The second-order valence-electron chi connectivity index (χ2n) is 6.59. The molecular formula is C15H27N3O2. The lowest BCUT2D eigenvalue weighted by atomic mass is 9.51. The Morgan fingerprint density at radius 2 is 2.10 bits per heavy atom. The van der Waals surface area contributed by atoms with Crippen LogP contribution in [0.15, 0.2) is 0 Å². The summed E-state index contributed by atoms with van der Waals surface area (Å²) in [6.45, 7) is 4.51. The van der Waals surface area contributed by atoms with Crippen LogP contribution in [0.4, 0.5) is 4.79 Å². The standard InChI is InChI=1S/C15H27N3O2/c1-2-20-13-10-12(15(13)6-3-7-15)17-11-4-8-18(9-5-11)14(16)19/h11-13,17H,2-10H2,1H3,(H2,16,19)/t12-,13-/m0/s1. The zero-order chi connectivity index (χ0) is 14.2. The summed E-state index contributed by atoms with van der Waals surface area (Å²) in [6.07, 6.45) is 7.66. The number of urea groups is 1. The minimum absolute atomic E-state index is 0.279. The smallest absolute Gasteiger partial charge is 0.314 e. The van der Waals surface area contributed by atoms with Crippen molar-refractivity contribution in [2.75, 3.05) is 19.7 Å². The molecular weight excluding hydrogens is 254 g/mol. The van der Waals surface area contributed by atoms with E-state index in [9.17, 15) is 4.79 Å². The number of amides is 2. The van der Waals surface area contributed by atoms with Crippen molar-refractivity contribution in [1.82, 2.24) is 10.2 Å². The first kappa shape index (κ1) is 14.1. The van der Waals surface area contributed by atoms with Crippen LogP contribution in [-0.4, -0.2) is 48.8 Å². The fourth-order valence-electron chi connectivity index (χ4n) is 4.22. The summed E-state index contributed by atoms with van der Waals surface area (Å²) in [4.78, 5) is 12.9. The number of hydrogen-bond acceptors (Lipinski definition) is 3. The number of nitrogens with one attached hydrogen (secondary N) is 1. The third-order valence-corrected chi connectivity index (χ3v) is 5.68. The minimum atomic E-state index is -0.279. The zero-order valence-corrected chi connectivity index (χ0v) is 12.4. The number of rotatable bonds is 4. The predicted molar refractivity (Wildman–Crippen MR) is 77.4 cm³/mol. The summed E-state index contributed by atoms with van der Waals surface area (Å²) >= 11 is 0. The number of carbonyl (C=O) groups is 1. The highest BCUT2D eigenvalue weighted by Gasteiger charge is 2.59. The summed E-state index contributed by atoms with van der Waals surface area (Å²) in [6, 6.07) is 0.882. The van der Waals surface area contributed by atoms with Gasteiger partial charge in [-0.25, -0.2) is 4.79 Å². The van der Waals surface area contributed by atoms with Gasteiger partial charge in [-0.3, -0.25) is 0 Å². The van der Waals surface area contributed by atoms with E-state index in [0.29, 0.717) is 23.6 Å². The van der Waals surface area contributed by atoms with E-state index in [-0.39, 0.29) is 6.03 Å². The highest BCUT2D eigenvalue weighted by molar-refractivity contribution is 5.72. The number of carbonyl (C=O) groups excluding carboxylic acids is 1. The molecule has 2 saturated carbocycles. The Labute approximate surface area is 121 Å². The van der Waals surface area contributed by atoms with Crippen LogP contribution in [-0.2, 0) is 4.74 Å². The van der Waals surface area contributed by atoms with E-state index in [4.69, 9.17) is 10.5 Å². The van der Waals surface area contributed by atoms with Gasteiger partial charge in [0.05, 0.1) is 6.10 Å². The molecule has 3 aliphatic rings. The monoisotopic (exact) mass is 281 g/mol. The van der Waals surface area contributed by atoms with E-state index < -0.39 is 0 Å². The molecule has 0 radical (unpaired) electrons. The second-order valence-corrected chi connectivity index (χ2v) is 6.59. The first-order chi connectivity index (χ1) is 9.65. The van der Waals surface area contributed by atoms with Crippen molar-refractivity contribution in [2.24, 2.45) is 11.1 Å². The maximum atomic E-state index is 11.1. The van der Waals surface area contributed by atoms with E-state index in [1.165, 1.54) is 19.3 Å². The lowest BCUT2D eigenvalue weighted by Gasteiger charge is -2.62. The summed E-state index contributed by atoms with van der Waals surface area (Å²) in [5.41, 5.74) is 5.75. The Morgan fingerprint density at radius 1 is 1.40 bits per heavy atom. The van der Waals surface area contributed by atoms with Crippen LogP contribution in [0, 0.1) is 5.41 Å². The van der Waals surface area contributed by atoms with Crippen LogP contribution in [0.2, 0.25) is 0 Å². The summed E-state index contributed by atoms with van der Waals surface area (Å²) in [7, 11) is 0. The molecule has 1 saturated heterocycles. The van der Waals surface area contributed by atoms with Crippen LogP contribution < -0.4 is 11.1 Å². The van der Waals surface area contributed by atoms with Crippen molar-refractivity contribution in [3.05, 3.63) is 0 Å². The molecule has 2 atom stereocenters. The van der Waals surface area contributed by atoms with E-state index >= 15 is 0 Å². The van der Waals surface area contributed by atoms with Crippen molar-refractivity contribution < 1.29 is 9.53 Å². The second kappa shape index (κ2) is 5.53. The highest BCUT2D eigenvalue weighted by Crippen LogP contribution is 2.57. The van der Waals surface area contributed by atoms with Gasteiger partial charge in [-0.05, 0) is 39.0 Å². The van der Waals surface area contributed by atoms with Gasteiger partial charge >= 0.3 is 6.03 Å². The van der Waals surface area contributed by atoms with Crippen LogP contribution >= 0.6 is 0 Å². The third kappa shape index (κ3) is 2.31. The van der Waals surface area contributed by atoms with Gasteiger partial charge in [-0.2, -0.15) is 0 Å². The fraction of sp³-hybridized carbons (Fsp3) is 0.933. The van der Waals surface area contributed by atoms with E-state index in [2.05, 4.69) is 12.2 Å². The van der Waals surface area contributed by atoms with Crippen molar-refractivity contribution in [1.29, 1.82) is 0 Å². The first-order valence-electron chi connectivity index (χ1n) is 8.08. The summed E-state index contributed by atoms with van der Waals surface area (Å²) < 4.78 is 5.89. The van der Waals surface area contributed by atoms with Crippen molar-refractivity contribution in [3.8, 4) is 0 Å². The normalized spacial score (nSPS) is 32.8. The molecule has 1 aliphatic heterocycles. The van der Waals surface area contributed by atoms with Crippen molar-refractivity contribution in [2.45, 2.75) is 63.6 Å². The van der Waals surface area contributed by atoms with Gasteiger partial charge in [0, 0.05) is 37.2 Å². The maximum absolute atomic E-state index is 11.1. The lowest BCUT2D eigenvalue weighted by molar-refractivity contribution is -0.175. The van der Waals surface area contributed by atoms with Crippen molar-refractivity contribution in [3.63, 3.8) is 0 Å². The van der Waals surface area contributed by atoms with E-state index in [1.54, 1.807) is 4.90 Å². The van der Waals surface area contributed by atoms with Crippen LogP contribution in [0.3, 0.4) is 0 Å². The molecule has 2 aliphatic carbocycles. The Bertz CT molecular complexity index is 362. The van der Waals surface area contributed by atoms with Gasteiger partial charge in [-0.15, -0.1) is 0 Å². The summed E-state index contributed by atoms with van der Waals surface area (Å²) in [5.74, 6) is 0. The molecule has 2 amide bonds. The molecule has 5 nitrogen and oxygen atoms in total. The number of nitrogens with zero attached hydrogens (tertiary/aromatic N) is 1. The van der Waals surface area contributed by atoms with Crippen LogP contribution in [0.5, 0.6) is 0 Å². The molecule has 0 aromatic carbocycles.